The van der Waals surface area contributed by atoms with Crippen LogP contribution < -0.4 is 5.32 Å². The quantitative estimate of drug-likeness (QED) is 0.820. The van der Waals surface area contributed by atoms with E-state index in [1.807, 2.05) is 13.8 Å². The summed E-state index contributed by atoms with van der Waals surface area (Å²) in [7, 11) is -3.40. The molecule has 18 heavy (non-hydrogen) atoms. The number of halogens is 2. The van der Waals surface area contributed by atoms with Crippen LogP contribution in [0.4, 0.5) is 4.39 Å². The Bertz CT molecular complexity index is 505. The zero-order valence-electron chi connectivity index (χ0n) is 10.4. The van der Waals surface area contributed by atoms with E-state index in [1.165, 1.54) is 6.07 Å². The highest BCUT2D eigenvalue weighted by Gasteiger charge is 2.17. The minimum Gasteiger partial charge on any atom is -0.314 e. The van der Waals surface area contributed by atoms with Gasteiger partial charge in [0.05, 0.1) is 15.7 Å². The topological polar surface area (TPSA) is 46.2 Å². The Kier molecular flexibility index (Phi) is 5.56. The average molecular weight is 294 g/mol. The molecule has 0 aliphatic heterocycles. The fourth-order valence-corrected chi connectivity index (χ4v) is 3.29. The molecule has 6 heteroatoms. The second kappa shape index (κ2) is 6.50. The minimum absolute atomic E-state index is 0.0170. The number of sulfone groups is 1. The van der Waals surface area contributed by atoms with Crippen molar-refractivity contribution in [2.45, 2.75) is 31.2 Å². The Balaban J connectivity index is 2.77. The van der Waals surface area contributed by atoms with Crippen LogP contribution >= 0.6 is 11.6 Å². The molecular formula is C12H17ClFNO2S. The molecule has 0 bridgehead atoms. The minimum atomic E-state index is -3.40. The summed E-state index contributed by atoms with van der Waals surface area (Å²) in [6.45, 7) is 4.69. The molecule has 0 saturated heterocycles. The summed E-state index contributed by atoms with van der Waals surface area (Å²) >= 11 is 5.58. The molecule has 1 N–H and O–H groups in total. The lowest BCUT2D eigenvalue weighted by Crippen LogP contribution is -2.27. The van der Waals surface area contributed by atoms with Gasteiger partial charge in [0.15, 0.2) is 9.84 Å². The first-order valence-electron chi connectivity index (χ1n) is 5.78. The Morgan fingerprint density at radius 1 is 1.44 bits per heavy atom. The Labute approximate surface area is 112 Å². The van der Waals surface area contributed by atoms with E-state index in [2.05, 4.69) is 5.32 Å². The third kappa shape index (κ3) is 4.23. The van der Waals surface area contributed by atoms with E-state index in [0.29, 0.717) is 6.42 Å². The number of hydrogen-bond acceptors (Lipinski definition) is 3. The third-order valence-corrected chi connectivity index (χ3v) is 4.66. The Morgan fingerprint density at radius 3 is 2.67 bits per heavy atom. The van der Waals surface area contributed by atoms with Crippen LogP contribution in [0.5, 0.6) is 0 Å². The monoisotopic (exact) mass is 293 g/mol. The van der Waals surface area contributed by atoms with Crippen LogP contribution in [0.25, 0.3) is 0 Å². The second-order valence-corrected chi connectivity index (χ2v) is 6.66. The van der Waals surface area contributed by atoms with E-state index >= 15 is 0 Å². The van der Waals surface area contributed by atoms with Crippen LogP contribution in [0.2, 0.25) is 5.02 Å². The number of rotatable bonds is 6. The molecule has 1 unspecified atom stereocenters. The standard InChI is InChI=1S/C12H17ClFNO2S/c1-3-15-9(2)6-7-18(16,17)10-4-5-12(14)11(13)8-10/h4-5,8-9,15H,3,6-7H2,1-2H3. The highest BCUT2D eigenvalue weighted by atomic mass is 35.5. The molecule has 0 spiro atoms. The largest absolute Gasteiger partial charge is 0.314 e. The van der Waals surface area contributed by atoms with Crippen LogP contribution in [0, 0.1) is 5.82 Å². The lowest BCUT2D eigenvalue weighted by Gasteiger charge is -2.12. The molecule has 0 saturated carbocycles. The highest BCUT2D eigenvalue weighted by Crippen LogP contribution is 2.20. The summed E-state index contributed by atoms with van der Waals surface area (Å²) in [6.07, 6.45) is 0.505. The summed E-state index contributed by atoms with van der Waals surface area (Å²) in [4.78, 5) is 0.0672. The first-order valence-corrected chi connectivity index (χ1v) is 7.81. The van der Waals surface area contributed by atoms with Gasteiger partial charge in [0.25, 0.3) is 0 Å². The maximum Gasteiger partial charge on any atom is 0.178 e. The van der Waals surface area contributed by atoms with Crippen molar-refractivity contribution in [2.75, 3.05) is 12.3 Å². The molecule has 1 atom stereocenters. The summed E-state index contributed by atoms with van der Waals surface area (Å²) in [5, 5.41) is 2.97. The van der Waals surface area contributed by atoms with E-state index in [0.717, 1.165) is 18.7 Å². The third-order valence-electron chi connectivity index (χ3n) is 2.62. The first kappa shape index (κ1) is 15.4. The van der Waals surface area contributed by atoms with Gasteiger partial charge in [0, 0.05) is 6.04 Å². The van der Waals surface area contributed by atoms with Crippen molar-refractivity contribution in [3.8, 4) is 0 Å². The number of nitrogens with one attached hydrogen (secondary N) is 1. The molecule has 1 aromatic rings. The van der Waals surface area contributed by atoms with Gasteiger partial charge in [-0.2, -0.15) is 0 Å². The van der Waals surface area contributed by atoms with Gasteiger partial charge in [-0.05, 0) is 38.1 Å². The van der Waals surface area contributed by atoms with Crippen molar-refractivity contribution >= 4 is 21.4 Å². The van der Waals surface area contributed by atoms with Crippen molar-refractivity contribution in [2.24, 2.45) is 0 Å². The Morgan fingerprint density at radius 2 is 2.11 bits per heavy atom. The molecule has 0 aliphatic rings. The maximum atomic E-state index is 13.0. The van der Waals surface area contributed by atoms with Crippen LogP contribution in [0.1, 0.15) is 20.3 Å². The number of benzene rings is 1. The van der Waals surface area contributed by atoms with Crippen molar-refractivity contribution in [3.63, 3.8) is 0 Å². The molecule has 102 valence electrons. The molecular weight excluding hydrogens is 277 g/mol. The molecule has 0 heterocycles. The summed E-state index contributed by atoms with van der Waals surface area (Å²) in [5.74, 6) is -0.597. The van der Waals surface area contributed by atoms with Gasteiger partial charge in [-0.15, -0.1) is 0 Å². The Hall–Kier alpha value is -0.650. The van der Waals surface area contributed by atoms with Crippen molar-refractivity contribution in [1.82, 2.24) is 5.32 Å². The smallest absolute Gasteiger partial charge is 0.178 e. The molecule has 1 rings (SSSR count). The fourth-order valence-electron chi connectivity index (χ4n) is 1.57. The van der Waals surface area contributed by atoms with Crippen LogP contribution in [-0.4, -0.2) is 26.8 Å². The SMILES string of the molecule is CCNC(C)CCS(=O)(=O)c1ccc(F)c(Cl)c1. The normalized spacial score (nSPS) is 13.6. The van der Waals surface area contributed by atoms with Gasteiger partial charge < -0.3 is 5.32 Å². The summed E-state index contributed by atoms with van der Waals surface area (Å²) in [6, 6.07) is 3.60. The molecule has 0 aromatic heterocycles. The second-order valence-electron chi connectivity index (χ2n) is 4.14. The lowest BCUT2D eigenvalue weighted by atomic mass is 10.3. The van der Waals surface area contributed by atoms with E-state index in [1.54, 1.807) is 0 Å². The molecule has 0 radical (unpaired) electrons. The predicted molar refractivity (Wildman–Crippen MR) is 71.2 cm³/mol. The van der Waals surface area contributed by atoms with E-state index in [9.17, 15) is 12.8 Å². The van der Waals surface area contributed by atoms with E-state index < -0.39 is 15.7 Å². The van der Waals surface area contributed by atoms with E-state index in [-0.39, 0.29) is 21.7 Å². The van der Waals surface area contributed by atoms with Gasteiger partial charge in [0.2, 0.25) is 0 Å². The van der Waals surface area contributed by atoms with Crippen LogP contribution in [-0.2, 0) is 9.84 Å². The molecule has 1 aromatic carbocycles. The van der Waals surface area contributed by atoms with Crippen LogP contribution in [0.3, 0.4) is 0 Å². The molecule has 3 nitrogen and oxygen atoms in total. The highest BCUT2D eigenvalue weighted by molar-refractivity contribution is 7.91. The van der Waals surface area contributed by atoms with Crippen molar-refractivity contribution in [3.05, 3.63) is 29.0 Å². The van der Waals surface area contributed by atoms with E-state index in [4.69, 9.17) is 11.6 Å². The maximum absolute atomic E-state index is 13.0. The lowest BCUT2D eigenvalue weighted by molar-refractivity contribution is 0.541. The fraction of sp³-hybridized carbons (Fsp3) is 0.500. The van der Waals surface area contributed by atoms with Gasteiger partial charge in [-0.25, -0.2) is 12.8 Å². The average Bonchev–Trinajstić information content (AvgIpc) is 2.30. The number of hydrogen-bond donors (Lipinski definition) is 1. The van der Waals surface area contributed by atoms with Crippen molar-refractivity contribution < 1.29 is 12.8 Å². The van der Waals surface area contributed by atoms with Crippen molar-refractivity contribution in [1.29, 1.82) is 0 Å². The van der Waals surface area contributed by atoms with Crippen LogP contribution in [0.15, 0.2) is 23.1 Å². The zero-order valence-corrected chi connectivity index (χ0v) is 12.0. The molecule has 0 fully saturated rings. The van der Waals surface area contributed by atoms with Gasteiger partial charge in [-0.3, -0.25) is 0 Å². The molecule has 0 aliphatic carbocycles. The van der Waals surface area contributed by atoms with Gasteiger partial charge in [-0.1, -0.05) is 18.5 Å². The van der Waals surface area contributed by atoms with Gasteiger partial charge in [0.1, 0.15) is 5.82 Å². The first-order chi connectivity index (χ1) is 8.36. The summed E-state index contributed by atoms with van der Waals surface area (Å²) in [5.41, 5.74) is 0. The summed E-state index contributed by atoms with van der Waals surface area (Å²) < 4.78 is 37.0. The predicted octanol–water partition coefficient (Wildman–Crippen LogP) is 2.64. The zero-order chi connectivity index (χ0) is 13.8. The molecule has 0 amide bonds. The van der Waals surface area contributed by atoms with Gasteiger partial charge >= 0.3 is 0 Å².